The molecule has 0 amide bonds. The van der Waals surface area contributed by atoms with E-state index in [0.29, 0.717) is 29.5 Å². The van der Waals surface area contributed by atoms with Crippen molar-refractivity contribution in [1.29, 1.82) is 0 Å². The van der Waals surface area contributed by atoms with Gasteiger partial charge in [-0.2, -0.15) is 0 Å². The highest BCUT2D eigenvalue weighted by Gasteiger charge is 2.27. The van der Waals surface area contributed by atoms with Gasteiger partial charge in [0.25, 0.3) is 0 Å². The molecule has 5 nitrogen and oxygen atoms in total. The summed E-state index contributed by atoms with van der Waals surface area (Å²) >= 11 is 6.27. The number of rotatable bonds is 4. The third-order valence-electron chi connectivity index (χ3n) is 4.63. The fourth-order valence-electron chi connectivity index (χ4n) is 3.14. The monoisotopic (exact) mass is 383 g/mol. The number of ether oxygens (including phenoxy) is 3. The van der Waals surface area contributed by atoms with E-state index in [-0.39, 0.29) is 18.5 Å². The molecular formula is C21H18ClNO4. The first-order valence-electron chi connectivity index (χ1n) is 8.64. The maximum absolute atomic E-state index is 12.5. The van der Waals surface area contributed by atoms with E-state index in [2.05, 4.69) is 4.98 Å². The van der Waals surface area contributed by atoms with Gasteiger partial charge in [0.2, 0.25) is 0 Å². The Morgan fingerprint density at radius 3 is 2.96 bits per heavy atom. The molecule has 4 rings (SSSR count). The Kier molecular flexibility index (Phi) is 4.86. The molecule has 27 heavy (non-hydrogen) atoms. The van der Waals surface area contributed by atoms with E-state index in [1.165, 1.54) is 0 Å². The Bertz CT molecular complexity index is 1000. The molecule has 0 radical (unpaired) electrons. The van der Waals surface area contributed by atoms with Crippen molar-refractivity contribution in [2.45, 2.75) is 13.0 Å². The van der Waals surface area contributed by atoms with Gasteiger partial charge in [-0.1, -0.05) is 29.8 Å². The van der Waals surface area contributed by atoms with Crippen molar-refractivity contribution >= 4 is 28.5 Å². The highest BCUT2D eigenvalue weighted by atomic mass is 35.5. The minimum Gasteiger partial charge on any atom is -0.497 e. The summed E-state index contributed by atoms with van der Waals surface area (Å²) < 4.78 is 16.3. The van der Waals surface area contributed by atoms with Gasteiger partial charge in [-0.25, -0.2) is 4.98 Å². The van der Waals surface area contributed by atoms with E-state index < -0.39 is 0 Å². The Morgan fingerprint density at radius 1 is 1.26 bits per heavy atom. The van der Waals surface area contributed by atoms with Crippen LogP contribution in [-0.4, -0.2) is 24.7 Å². The summed E-state index contributed by atoms with van der Waals surface area (Å²) in [7, 11) is 1.60. The largest absolute Gasteiger partial charge is 0.497 e. The van der Waals surface area contributed by atoms with Crippen LogP contribution in [0.5, 0.6) is 11.5 Å². The first-order chi connectivity index (χ1) is 13.1. The molecule has 0 saturated carbocycles. The van der Waals surface area contributed by atoms with E-state index in [4.69, 9.17) is 25.8 Å². The minimum atomic E-state index is -0.323. The fraction of sp³-hybridized carbons (Fsp3) is 0.238. The normalized spacial score (nSPS) is 15.7. The van der Waals surface area contributed by atoms with Crippen LogP contribution < -0.4 is 9.47 Å². The standard InChI is InChI=1S/C21H18ClNO4/c1-25-17-7-6-13-8-15(20(22)23-18(13)10-17)11-27-21(24)16-9-14-4-2-3-5-19(14)26-12-16/h2-8,10,16H,9,11-12H2,1H3. The van der Waals surface area contributed by atoms with Gasteiger partial charge in [0.15, 0.2) is 0 Å². The number of esters is 1. The van der Waals surface area contributed by atoms with Gasteiger partial charge in [-0.3, -0.25) is 4.79 Å². The van der Waals surface area contributed by atoms with E-state index in [1.54, 1.807) is 7.11 Å². The molecule has 6 heteroatoms. The molecular weight excluding hydrogens is 366 g/mol. The van der Waals surface area contributed by atoms with Gasteiger partial charge in [0.05, 0.1) is 18.5 Å². The number of hydrogen-bond donors (Lipinski definition) is 0. The van der Waals surface area contributed by atoms with E-state index in [1.807, 2.05) is 48.5 Å². The second-order valence-electron chi connectivity index (χ2n) is 6.42. The Morgan fingerprint density at radius 2 is 2.11 bits per heavy atom. The van der Waals surface area contributed by atoms with Crippen molar-refractivity contribution in [3.05, 3.63) is 64.8 Å². The van der Waals surface area contributed by atoms with E-state index in [0.717, 1.165) is 22.2 Å². The van der Waals surface area contributed by atoms with Crippen LogP contribution in [0.2, 0.25) is 5.15 Å². The van der Waals surface area contributed by atoms with Gasteiger partial charge in [-0.15, -0.1) is 0 Å². The van der Waals surface area contributed by atoms with Crippen LogP contribution in [0.15, 0.2) is 48.5 Å². The number of carbonyl (C=O) groups is 1. The van der Waals surface area contributed by atoms with Crippen molar-refractivity contribution in [3.63, 3.8) is 0 Å². The number of para-hydroxylation sites is 1. The molecule has 138 valence electrons. The average molecular weight is 384 g/mol. The quantitative estimate of drug-likeness (QED) is 0.499. The first-order valence-corrected chi connectivity index (χ1v) is 9.02. The molecule has 0 spiro atoms. The highest BCUT2D eigenvalue weighted by molar-refractivity contribution is 6.30. The molecule has 1 unspecified atom stereocenters. The summed E-state index contributed by atoms with van der Waals surface area (Å²) in [5.74, 6) is 0.924. The Hall–Kier alpha value is -2.79. The number of halogens is 1. The molecule has 1 aliphatic rings. The number of aromatic nitrogens is 1. The van der Waals surface area contributed by atoms with Crippen molar-refractivity contribution in [3.8, 4) is 11.5 Å². The lowest BCUT2D eigenvalue weighted by molar-refractivity contribution is -0.151. The summed E-state index contributed by atoms with van der Waals surface area (Å²) in [6.07, 6.45) is 0.610. The maximum Gasteiger partial charge on any atom is 0.313 e. The second-order valence-corrected chi connectivity index (χ2v) is 6.78. The van der Waals surface area contributed by atoms with Crippen LogP contribution in [0, 0.1) is 5.92 Å². The van der Waals surface area contributed by atoms with E-state index in [9.17, 15) is 4.79 Å². The number of fused-ring (bicyclic) bond motifs is 2. The molecule has 1 aliphatic heterocycles. The number of hydrogen-bond acceptors (Lipinski definition) is 5. The van der Waals surface area contributed by atoms with Crippen LogP contribution >= 0.6 is 11.6 Å². The number of nitrogens with zero attached hydrogens (tertiary/aromatic N) is 1. The fourth-order valence-corrected chi connectivity index (χ4v) is 3.34. The molecule has 0 N–H and O–H groups in total. The summed E-state index contributed by atoms with van der Waals surface area (Å²) in [6, 6.07) is 15.2. The predicted molar refractivity (Wildman–Crippen MR) is 102 cm³/mol. The molecule has 2 heterocycles. The van der Waals surface area contributed by atoms with Crippen LogP contribution in [0.3, 0.4) is 0 Å². The minimum absolute atomic E-state index is 0.0742. The van der Waals surface area contributed by atoms with Crippen LogP contribution in [0.25, 0.3) is 10.9 Å². The summed E-state index contributed by atoms with van der Waals surface area (Å²) in [5.41, 5.74) is 2.41. The molecule has 0 saturated heterocycles. The molecule has 1 aromatic heterocycles. The maximum atomic E-state index is 12.5. The van der Waals surface area contributed by atoms with Gasteiger partial charge in [-0.05, 0) is 36.2 Å². The number of methoxy groups -OCH3 is 1. The molecule has 2 aromatic carbocycles. The highest BCUT2D eigenvalue weighted by Crippen LogP contribution is 2.28. The number of carbonyl (C=O) groups excluding carboxylic acids is 1. The van der Waals surface area contributed by atoms with E-state index >= 15 is 0 Å². The topological polar surface area (TPSA) is 57.7 Å². The lowest BCUT2D eigenvalue weighted by atomic mass is 9.97. The molecule has 0 fully saturated rings. The predicted octanol–water partition coefficient (Wildman–Crippen LogP) is 4.19. The molecule has 1 atom stereocenters. The van der Waals surface area contributed by atoms with Crippen molar-refractivity contribution in [2.24, 2.45) is 5.92 Å². The molecule has 0 aliphatic carbocycles. The zero-order chi connectivity index (χ0) is 18.8. The Balaban J connectivity index is 1.45. The third kappa shape index (κ3) is 3.69. The van der Waals surface area contributed by atoms with Crippen LogP contribution in [0.1, 0.15) is 11.1 Å². The summed E-state index contributed by atoms with van der Waals surface area (Å²) in [4.78, 5) is 16.8. The van der Waals surface area contributed by atoms with Gasteiger partial charge in [0.1, 0.15) is 29.9 Å². The molecule has 3 aromatic rings. The van der Waals surface area contributed by atoms with Gasteiger partial charge < -0.3 is 14.2 Å². The molecule has 0 bridgehead atoms. The number of pyridine rings is 1. The SMILES string of the molecule is COc1ccc2cc(COC(=O)C3COc4ccccc4C3)c(Cl)nc2c1. The summed E-state index contributed by atoms with van der Waals surface area (Å²) in [6.45, 7) is 0.393. The van der Waals surface area contributed by atoms with Gasteiger partial charge in [0, 0.05) is 17.0 Å². The van der Waals surface area contributed by atoms with Crippen LogP contribution in [0.4, 0.5) is 0 Å². The first kappa shape index (κ1) is 17.6. The lowest BCUT2D eigenvalue weighted by Crippen LogP contribution is -2.29. The average Bonchev–Trinajstić information content (AvgIpc) is 2.71. The zero-order valence-electron chi connectivity index (χ0n) is 14.8. The van der Waals surface area contributed by atoms with Crippen LogP contribution in [-0.2, 0) is 22.6 Å². The van der Waals surface area contributed by atoms with Crippen molar-refractivity contribution in [2.75, 3.05) is 13.7 Å². The lowest BCUT2D eigenvalue weighted by Gasteiger charge is -2.23. The van der Waals surface area contributed by atoms with Crippen molar-refractivity contribution < 1.29 is 19.0 Å². The Labute approximate surface area is 161 Å². The number of benzene rings is 2. The zero-order valence-corrected chi connectivity index (χ0v) is 15.5. The van der Waals surface area contributed by atoms with Crippen molar-refractivity contribution in [1.82, 2.24) is 4.98 Å². The second kappa shape index (κ2) is 7.45. The summed E-state index contributed by atoms with van der Waals surface area (Å²) in [5, 5.41) is 1.22. The van der Waals surface area contributed by atoms with Gasteiger partial charge >= 0.3 is 5.97 Å². The third-order valence-corrected chi connectivity index (χ3v) is 4.96. The smallest absolute Gasteiger partial charge is 0.313 e.